The first-order valence-corrected chi connectivity index (χ1v) is 8.34. The van der Waals surface area contributed by atoms with Crippen LogP contribution in [0.15, 0.2) is 24.5 Å². The van der Waals surface area contributed by atoms with Gasteiger partial charge in [-0.15, -0.1) is 0 Å². The van der Waals surface area contributed by atoms with E-state index in [0.717, 1.165) is 31.4 Å². The molecule has 0 bridgehead atoms. The van der Waals surface area contributed by atoms with Crippen LogP contribution in [0.3, 0.4) is 0 Å². The minimum absolute atomic E-state index is 0.145. The Balaban J connectivity index is 1.80. The molecule has 1 aliphatic rings. The molecule has 1 atom stereocenters. The zero-order chi connectivity index (χ0) is 16.2. The van der Waals surface area contributed by atoms with Gasteiger partial charge >= 0.3 is 0 Å². The van der Waals surface area contributed by atoms with Crippen molar-refractivity contribution in [1.82, 2.24) is 10.3 Å². The highest BCUT2D eigenvalue weighted by Gasteiger charge is 2.30. The average Bonchev–Trinajstić information content (AvgIpc) is 2.46. The minimum atomic E-state index is 0.145. The van der Waals surface area contributed by atoms with Gasteiger partial charge in [0.15, 0.2) is 0 Å². The number of nitrogens with zero attached hydrogens (tertiary/aromatic N) is 1. The SMILES string of the molecule is CC(NC(C)(C)C)C1CCC(C(=O)Nc2ccncc2)CC1. The van der Waals surface area contributed by atoms with E-state index in [1.54, 1.807) is 12.4 Å². The lowest BCUT2D eigenvalue weighted by atomic mass is 9.78. The van der Waals surface area contributed by atoms with Crippen LogP contribution < -0.4 is 10.6 Å². The fraction of sp³-hybridized carbons (Fsp3) is 0.667. The van der Waals surface area contributed by atoms with Crippen molar-refractivity contribution in [2.45, 2.75) is 65.0 Å². The summed E-state index contributed by atoms with van der Waals surface area (Å²) in [5.41, 5.74) is 0.986. The van der Waals surface area contributed by atoms with Crippen molar-refractivity contribution in [3.8, 4) is 0 Å². The summed E-state index contributed by atoms with van der Waals surface area (Å²) >= 11 is 0. The highest BCUT2D eigenvalue weighted by atomic mass is 16.1. The maximum Gasteiger partial charge on any atom is 0.227 e. The molecular formula is C18H29N3O. The van der Waals surface area contributed by atoms with E-state index in [9.17, 15) is 4.79 Å². The van der Waals surface area contributed by atoms with Gasteiger partial charge in [0.25, 0.3) is 0 Å². The second-order valence-corrected chi connectivity index (χ2v) is 7.52. The summed E-state index contributed by atoms with van der Waals surface area (Å²) in [6, 6.07) is 4.17. The van der Waals surface area contributed by atoms with E-state index in [1.165, 1.54) is 0 Å². The summed E-state index contributed by atoms with van der Waals surface area (Å²) in [4.78, 5) is 16.3. The lowest BCUT2D eigenvalue weighted by Gasteiger charge is -2.35. The molecule has 0 aromatic carbocycles. The van der Waals surface area contributed by atoms with Gasteiger partial charge in [0.05, 0.1) is 0 Å². The largest absolute Gasteiger partial charge is 0.326 e. The van der Waals surface area contributed by atoms with E-state index < -0.39 is 0 Å². The van der Waals surface area contributed by atoms with E-state index in [0.29, 0.717) is 12.0 Å². The summed E-state index contributed by atoms with van der Waals surface area (Å²) < 4.78 is 0. The molecule has 22 heavy (non-hydrogen) atoms. The summed E-state index contributed by atoms with van der Waals surface area (Å²) in [5.74, 6) is 0.969. The number of pyridine rings is 1. The highest BCUT2D eigenvalue weighted by molar-refractivity contribution is 5.92. The molecule has 0 aliphatic heterocycles. The molecule has 122 valence electrons. The number of hydrogen-bond donors (Lipinski definition) is 2. The average molecular weight is 303 g/mol. The first-order chi connectivity index (χ1) is 10.3. The van der Waals surface area contributed by atoms with Crippen LogP contribution in [0.5, 0.6) is 0 Å². The Morgan fingerprint density at radius 3 is 2.32 bits per heavy atom. The smallest absolute Gasteiger partial charge is 0.227 e. The molecule has 2 rings (SSSR count). The van der Waals surface area contributed by atoms with Crippen molar-refractivity contribution in [1.29, 1.82) is 0 Å². The number of carbonyl (C=O) groups is 1. The number of nitrogens with one attached hydrogen (secondary N) is 2. The number of hydrogen-bond acceptors (Lipinski definition) is 3. The Hall–Kier alpha value is -1.42. The minimum Gasteiger partial charge on any atom is -0.326 e. The van der Waals surface area contributed by atoms with Gasteiger partial charge in [-0.1, -0.05) is 0 Å². The molecule has 0 spiro atoms. The third kappa shape index (κ3) is 5.09. The van der Waals surface area contributed by atoms with Crippen LogP contribution in [0.1, 0.15) is 53.4 Å². The number of amides is 1. The predicted octanol–water partition coefficient (Wildman–Crippen LogP) is 3.60. The van der Waals surface area contributed by atoms with Crippen molar-refractivity contribution in [3.05, 3.63) is 24.5 Å². The molecule has 1 fully saturated rings. The Bertz CT molecular complexity index is 473. The summed E-state index contributed by atoms with van der Waals surface area (Å²) in [5, 5.41) is 6.66. The third-order valence-corrected chi connectivity index (χ3v) is 4.46. The molecule has 1 aromatic heterocycles. The van der Waals surface area contributed by atoms with Gasteiger partial charge < -0.3 is 10.6 Å². The first kappa shape index (κ1) is 16.9. The molecule has 0 radical (unpaired) electrons. The highest BCUT2D eigenvalue weighted by Crippen LogP contribution is 2.32. The fourth-order valence-electron chi connectivity index (χ4n) is 3.36. The van der Waals surface area contributed by atoms with Crippen molar-refractivity contribution in [3.63, 3.8) is 0 Å². The fourth-order valence-corrected chi connectivity index (χ4v) is 3.36. The molecule has 1 heterocycles. The monoisotopic (exact) mass is 303 g/mol. The zero-order valence-electron chi connectivity index (χ0n) is 14.2. The number of carbonyl (C=O) groups excluding carboxylic acids is 1. The van der Waals surface area contributed by atoms with Crippen LogP contribution in [0, 0.1) is 11.8 Å². The van der Waals surface area contributed by atoms with E-state index in [-0.39, 0.29) is 17.4 Å². The molecule has 0 saturated heterocycles. The molecular weight excluding hydrogens is 274 g/mol. The van der Waals surface area contributed by atoms with Gasteiger partial charge in [-0.05, 0) is 71.4 Å². The van der Waals surface area contributed by atoms with Crippen LogP contribution in [-0.2, 0) is 4.79 Å². The maximum absolute atomic E-state index is 12.3. The Labute approximate surface area is 134 Å². The summed E-state index contributed by atoms with van der Waals surface area (Å²) in [7, 11) is 0. The number of aromatic nitrogens is 1. The van der Waals surface area contributed by atoms with Gasteiger partial charge in [-0.25, -0.2) is 0 Å². The van der Waals surface area contributed by atoms with Gasteiger partial charge in [-0.2, -0.15) is 0 Å². The topological polar surface area (TPSA) is 54.0 Å². The number of rotatable bonds is 4. The van der Waals surface area contributed by atoms with Crippen molar-refractivity contribution < 1.29 is 4.79 Å². The standard InChI is InChI=1S/C18H29N3O/c1-13(21-18(2,3)4)14-5-7-15(8-6-14)17(22)20-16-9-11-19-12-10-16/h9-15,21H,5-8H2,1-4H3,(H,19,20,22). The lowest BCUT2D eigenvalue weighted by Crippen LogP contribution is -2.46. The Kier molecular flexibility index (Phi) is 5.57. The predicted molar refractivity (Wildman–Crippen MR) is 90.7 cm³/mol. The van der Waals surface area contributed by atoms with Crippen LogP contribution in [0.4, 0.5) is 5.69 Å². The van der Waals surface area contributed by atoms with Crippen molar-refractivity contribution >= 4 is 11.6 Å². The molecule has 1 unspecified atom stereocenters. The molecule has 4 heteroatoms. The summed E-state index contributed by atoms with van der Waals surface area (Å²) in [6.45, 7) is 8.89. The molecule has 1 amide bonds. The first-order valence-electron chi connectivity index (χ1n) is 8.34. The zero-order valence-corrected chi connectivity index (χ0v) is 14.2. The van der Waals surface area contributed by atoms with Crippen molar-refractivity contribution in [2.75, 3.05) is 5.32 Å². The Morgan fingerprint density at radius 1 is 1.18 bits per heavy atom. The van der Waals surface area contributed by atoms with E-state index in [4.69, 9.17) is 0 Å². The van der Waals surface area contributed by atoms with Gasteiger partial charge in [0, 0.05) is 35.6 Å². The lowest BCUT2D eigenvalue weighted by molar-refractivity contribution is -0.121. The summed E-state index contributed by atoms with van der Waals surface area (Å²) in [6.07, 6.45) is 7.62. The van der Waals surface area contributed by atoms with E-state index in [1.807, 2.05) is 12.1 Å². The third-order valence-electron chi connectivity index (χ3n) is 4.46. The van der Waals surface area contributed by atoms with Gasteiger partial charge in [-0.3, -0.25) is 9.78 Å². The molecule has 1 saturated carbocycles. The van der Waals surface area contributed by atoms with Crippen LogP contribution in [-0.4, -0.2) is 22.5 Å². The Morgan fingerprint density at radius 2 is 1.77 bits per heavy atom. The molecule has 2 N–H and O–H groups in total. The second kappa shape index (κ2) is 7.23. The molecule has 4 nitrogen and oxygen atoms in total. The normalized spacial score (nSPS) is 23.8. The molecule has 1 aliphatic carbocycles. The van der Waals surface area contributed by atoms with Gasteiger partial charge in [0.1, 0.15) is 0 Å². The quantitative estimate of drug-likeness (QED) is 0.893. The van der Waals surface area contributed by atoms with E-state index in [2.05, 4.69) is 43.3 Å². The van der Waals surface area contributed by atoms with Crippen LogP contribution in [0.2, 0.25) is 0 Å². The van der Waals surface area contributed by atoms with Crippen LogP contribution in [0.25, 0.3) is 0 Å². The van der Waals surface area contributed by atoms with Gasteiger partial charge in [0.2, 0.25) is 5.91 Å². The van der Waals surface area contributed by atoms with E-state index >= 15 is 0 Å². The van der Waals surface area contributed by atoms with Crippen molar-refractivity contribution in [2.24, 2.45) is 11.8 Å². The van der Waals surface area contributed by atoms with Crippen LogP contribution >= 0.6 is 0 Å². The maximum atomic E-state index is 12.3. The second-order valence-electron chi connectivity index (χ2n) is 7.52. The molecule has 1 aromatic rings. The number of anilines is 1.